The van der Waals surface area contributed by atoms with Crippen LogP contribution in [0.4, 0.5) is 5.69 Å². The first-order chi connectivity index (χ1) is 9.70. The highest BCUT2D eigenvalue weighted by molar-refractivity contribution is 5.94. The number of nitrogens with zero attached hydrogens (tertiary/aromatic N) is 1. The van der Waals surface area contributed by atoms with Gasteiger partial charge in [0.1, 0.15) is 0 Å². The summed E-state index contributed by atoms with van der Waals surface area (Å²) >= 11 is 0. The molecule has 1 aliphatic heterocycles. The molecule has 0 bridgehead atoms. The Morgan fingerprint density at radius 1 is 1.30 bits per heavy atom. The first-order valence-electron chi connectivity index (χ1n) is 7.53. The number of hydrogen-bond acceptors (Lipinski definition) is 3. The first kappa shape index (κ1) is 14.9. The molecule has 0 spiro atoms. The molecule has 1 amide bonds. The molecule has 1 unspecified atom stereocenters. The van der Waals surface area contributed by atoms with Crippen LogP contribution in [0.3, 0.4) is 0 Å². The van der Waals surface area contributed by atoms with Crippen molar-refractivity contribution >= 4 is 11.6 Å². The first-order valence-corrected chi connectivity index (χ1v) is 7.53. The standard InChI is InChI=1S/C16H25N3O/c1-3-17-16(20)13-7-9-14(10-8-13)18-12-15-6-4-5-11-19(15)2/h7-10,15,18H,3-6,11-12H2,1-2H3,(H,17,20). The molecule has 2 N–H and O–H groups in total. The molecule has 20 heavy (non-hydrogen) atoms. The Balaban J connectivity index is 1.85. The van der Waals surface area contributed by atoms with E-state index in [9.17, 15) is 4.79 Å². The molecule has 4 nitrogen and oxygen atoms in total. The van der Waals surface area contributed by atoms with E-state index in [4.69, 9.17) is 0 Å². The van der Waals surface area contributed by atoms with Gasteiger partial charge in [-0.15, -0.1) is 0 Å². The topological polar surface area (TPSA) is 44.4 Å². The van der Waals surface area contributed by atoms with Crippen molar-refractivity contribution < 1.29 is 4.79 Å². The summed E-state index contributed by atoms with van der Waals surface area (Å²) in [7, 11) is 2.20. The van der Waals surface area contributed by atoms with Crippen LogP contribution in [0.2, 0.25) is 0 Å². The predicted molar refractivity (Wildman–Crippen MR) is 83.2 cm³/mol. The number of benzene rings is 1. The fraction of sp³-hybridized carbons (Fsp3) is 0.562. The molecular weight excluding hydrogens is 250 g/mol. The molecule has 110 valence electrons. The molecule has 1 saturated heterocycles. The number of carbonyl (C=O) groups excluding carboxylic acids is 1. The second-order valence-corrected chi connectivity index (χ2v) is 5.45. The highest BCUT2D eigenvalue weighted by atomic mass is 16.1. The average Bonchev–Trinajstić information content (AvgIpc) is 2.47. The molecule has 0 aromatic heterocycles. The van der Waals surface area contributed by atoms with Gasteiger partial charge in [0.25, 0.3) is 5.91 Å². The Morgan fingerprint density at radius 3 is 2.70 bits per heavy atom. The van der Waals surface area contributed by atoms with Crippen molar-refractivity contribution in [1.82, 2.24) is 10.2 Å². The molecule has 0 radical (unpaired) electrons. The Hall–Kier alpha value is -1.55. The number of hydrogen-bond donors (Lipinski definition) is 2. The Morgan fingerprint density at radius 2 is 2.05 bits per heavy atom. The van der Waals surface area contributed by atoms with E-state index in [-0.39, 0.29) is 5.91 Å². The summed E-state index contributed by atoms with van der Waals surface area (Å²) in [6, 6.07) is 8.32. The summed E-state index contributed by atoms with van der Waals surface area (Å²) in [6.07, 6.45) is 3.90. The minimum atomic E-state index is -0.00827. The third-order valence-electron chi connectivity index (χ3n) is 3.95. The Bertz CT molecular complexity index is 430. The Labute approximate surface area is 121 Å². The molecule has 1 atom stereocenters. The zero-order valence-corrected chi connectivity index (χ0v) is 12.5. The van der Waals surface area contributed by atoms with Gasteiger partial charge in [0, 0.05) is 30.4 Å². The lowest BCUT2D eigenvalue weighted by molar-refractivity contribution is 0.0956. The monoisotopic (exact) mass is 275 g/mol. The number of nitrogens with one attached hydrogen (secondary N) is 2. The molecule has 2 rings (SSSR count). The third kappa shape index (κ3) is 3.97. The summed E-state index contributed by atoms with van der Waals surface area (Å²) in [5, 5.41) is 6.27. The van der Waals surface area contributed by atoms with Crippen molar-refractivity contribution in [2.24, 2.45) is 0 Å². The number of rotatable bonds is 5. The largest absolute Gasteiger partial charge is 0.383 e. The van der Waals surface area contributed by atoms with Crippen LogP contribution in [0.25, 0.3) is 0 Å². The fourth-order valence-corrected chi connectivity index (χ4v) is 2.64. The van der Waals surface area contributed by atoms with Crippen molar-refractivity contribution in [2.45, 2.75) is 32.2 Å². The normalized spacial score (nSPS) is 19.6. The summed E-state index contributed by atoms with van der Waals surface area (Å²) in [4.78, 5) is 14.1. The number of anilines is 1. The maximum absolute atomic E-state index is 11.7. The molecule has 1 aromatic rings. The van der Waals surface area contributed by atoms with Crippen LogP contribution in [-0.4, -0.2) is 43.5 Å². The molecule has 1 heterocycles. The quantitative estimate of drug-likeness (QED) is 0.867. The minimum Gasteiger partial charge on any atom is -0.383 e. The molecular formula is C16H25N3O. The summed E-state index contributed by atoms with van der Waals surface area (Å²) in [6.45, 7) is 4.75. The highest BCUT2D eigenvalue weighted by Crippen LogP contribution is 2.16. The van der Waals surface area contributed by atoms with Crippen LogP contribution in [0.15, 0.2) is 24.3 Å². The van der Waals surface area contributed by atoms with E-state index >= 15 is 0 Å². The molecule has 1 fully saturated rings. The van der Waals surface area contributed by atoms with Crippen LogP contribution >= 0.6 is 0 Å². The second kappa shape index (κ2) is 7.29. The summed E-state index contributed by atoms with van der Waals surface area (Å²) in [5.74, 6) is -0.00827. The smallest absolute Gasteiger partial charge is 0.251 e. The zero-order chi connectivity index (χ0) is 14.4. The maximum Gasteiger partial charge on any atom is 0.251 e. The van der Waals surface area contributed by atoms with E-state index < -0.39 is 0 Å². The lowest BCUT2D eigenvalue weighted by Gasteiger charge is -2.32. The van der Waals surface area contributed by atoms with Crippen molar-refractivity contribution in [2.75, 3.05) is 32.0 Å². The van der Waals surface area contributed by atoms with Crippen LogP contribution in [0.5, 0.6) is 0 Å². The van der Waals surface area contributed by atoms with E-state index in [2.05, 4.69) is 22.6 Å². The van der Waals surface area contributed by atoms with E-state index in [0.717, 1.165) is 12.2 Å². The number of carbonyl (C=O) groups is 1. The number of likely N-dealkylation sites (N-methyl/N-ethyl adjacent to an activating group) is 1. The molecule has 0 saturated carbocycles. The van der Waals surface area contributed by atoms with Gasteiger partial charge in [-0.3, -0.25) is 4.79 Å². The van der Waals surface area contributed by atoms with Gasteiger partial charge >= 0.3 is 0 Å². The fourth-order valence-electron chi connectivity index (χ4n) is 2.64. The van der Waals surface area contributed by atoms with Crippen LogP contribution in [0, 0.1) is 0 Å². The molecule has 0 aliphatic carbocycles. The van der Waals surface area contributed by atoms with Crippen molar-refractivity contribution in [3.63, 3.8) is 0 Å². The number of piperidine rings is 1. The summed E-state index contributed by atoms with van der Waals surface area (Å²) < 4.78 is 0. The van der Waals surface area contributed by atoms with Gasteiger partial charge in [-0.2, -0.15) is 0 Å². The van der Waals surface area contributed by atoms with Gasteiger partial charge in [-0.05, 0) is 57.6 Å². The predicted octanol–water partition coefficient (Wildman–Crippen LogP) is 2.33. The van der Waals surface area contributed by atoms with E-state index in [1.807, 2.05) is 31.2 Å². The maximum atomic E-state index is 11.7. The lowest BCUT2D eigenvalue weighted by atomic mass is 10.0. The highest BCUT2D eigenvalue weighted by Gasteiger charge is 2.18. The van der Waals surface area contributed by atoms with Crippen LogP contribution in [-0.2, 0) is 0 Å². The van der Waals surface area contributed by atoms with Crippen molar-refractivity contribution in [3.05, 3.63) is 29.8 Å². The van der Waals surface area contributed by atoms with Gasteiger partial charge in [0.15, 0.2) is 0 Å². The van der Waals surface area contributed by atoms with Gasteiger partial charge < -0.3 is 15.5 Å². The minimum absolute atomic E-state index is 0.00827. The van der Waals surface area contributed by atoms with E-state index in [1.165, 1.54) is 25.8 Å². The van der Waals surface area contributed by atoms with Crippen LogP contribution < -0.4 is 10.6 Å². The average molecular weight is 275 g/mol. The van der Waals surface area contributed by atoms with Gasteiger partial charge in [0.05, 0.1) is 0 Å². The number of amides is 1. The zero-order valence-electron chi connectivity index (χ0n) is 12.5. The molecule has 1 aliphatic rings. The molecule has 1 aromatic carbocycles. The summed E-state index contributed by atoms with van der Waals surface area (Å²) in [5.41, 5.74) is 1.80. The SMILES string of the molecule is CCNC(=O)c1ccc(NCC2CCCCN2C)cc1. The van der Waals surface area contributed by atoms with Crippen molar-refractivity contribution in [3.8, 4) is 0 Å². The van der Waals surface area contributed by atoms with E-state index in [1.54, 1.807) is 0 Å². The lowest BCUT2D eigenvalue weighted by Crippen LogP contribution is -2.40. The third-order valence-corrected chi connectivity index (χ3v) is 3.95. The number of likely N-dealkylation sites (tertiary alicyclic amines) is 1. The van der Waals surface area contributed by atoms with Gasteiger partial charge in [-0.1, -0.05) is 6.42 Å². The second-order valence-electron chi connectivity index (χ2n) is 5.45. The van der Waals surface area contributed by atoms with Crippen molar-refractivity contribution in [1.29, 1.82) is 0 Å². The molecule has 4 heteroatoms. The Kier molecular flexibility index (Phi) is 5.41. The van der Waals surface area contributed by atoms with Gasteiger partial charge in [0.2, 0.25) is 0 Å². The van der Waals surface area contributed by atoms with Crippen LogP contribution in [0.1, 0.15) is 36.5 Å². The van der Waals surface area contributed by atoms with Gasteiger partial charge in [-0.25, -0.2) is 0 Å². The van der Waals surface area contributed by atoms with E-state index in [0.29, 0.717) is 18.2 Å².